The van der Waals surface area contributed by atoms with Gasteiger partial charge >= 0.3 is 0 Å². The van der Waals surface area contributed by atoms with E-state index in [0.29, 0.717) is 18.8 Å². The number of thioether (sulfide) groups is 1. The summed E-state index contributed by atoms with van der Waals surface area (Å²) in [6.45, 7) is 6.75. The van der Waals surface area contributed by atoms with E-state index >= 15 is 0 Å². The fraction of sp³-hybridized carbons (Fsp3) is 0.391. The number of halogens is 1. The molecule has 0 aliphatic carbocycles. The van der Waals surface area contributed by atoms with Crippen LogP contribution in [0.25, 0.3) is 0 Å². The van der Waals surface area contributed by atoms with E-state index in [1.165, 1.54) is 23.9 Å². The largest absolute Gasteiger partial charge is 0.354 e. The Morgan fingerprint density at radius 3 is 2.31 bits per heavy atom. The molecule has 0 bridgehead atoms. The van der Waals surface area contributed by atoms with Crippen LogP contribution in [0.3, 0.4) is 0 Å². The summed E-state index contributed by atoms with van der Waals surface area (Å²) >= 11 is 1.46. The standard InChI is InChI=1S/C23H29FN2O2S/c1-4-13-25-23(28)18(3)26(14-19-7-5-17(2)6-8-19)22(27)16-29-15-20-9-11-21(24)12-10-20/h5-12,18H,4,13-16H2,1-3H3,(H,25,28). The van der Waals surface area contributed by atoms with Gasteiger partial charge in [0.15, 0.2) is 0 Å². The summed E-state index contributed by atoms with van der Waals surface area (Å²) in [4.78, 5) is 27.0. The van der Waals surface area contributed by atoms with Crippen LogP contribution in [0.1, 0.15) is 37.0 Å². The molecule has 2 amide bonds. The Bertz CT molecular complexity index is 794. The minimum Gasteiger partial charge on any atom is -0.354 e. The molecule has 0 saturated heterocycles. The predicted octanol–water partition coefficient (Wildman–Crippen LogP) is 4.31. The monoisotopic (exact) mass is 416 g/mol. The zero-order valence-electron chi connectivity index (χ0n) is 17.3. The van der Waals surface area contributed by atoms with E-state index in [-0.39, 0.29) is 23.4 Å². The van der Waals surface area contributed by atoms with Gasteiger partial charge in [0.25, 0.3) is 0 Å². The molecule has 2 aromatic rings. The molecule has 1 N–H and O–H groups in total. The van der Waals surface area contributed by atoms with Crippen molar-refractivity contribution in [3.8, 4) is 0 Å². The lowest BCUT2D eigenvalue weighted by Crippen LogP contribution is -2.48. The summed E-state index contributed by atoms with van der Waals surface area (Å²) in [5.74, 6) is 0.369. The van der Waals surface area contributed by atoms with Crippen molar-refractivity contribution in [2.45, 2.75) is 45.5 Å². The zero-order valence-corrected chi connectivity index (χ0v) is 18.1. The maximum atomic E-state index is 13.0. The minimum absolute atomic E-state index is 0.0863. The van der Waals surface area contributed by atoms with Crippen molar-refractivity contribution in [2.24, 2.45) is 0 Å². The van der Waals surface area contributed by atoms with E-state index in [1.807, 2.05) is 38.1 Å². The number of rotatable bonds is 10. The number of hydrogen-bond acceptors (Lipinski definition) is 3. The molecule has 0 spiro atoms. The van der Waals surface area contributed by atoms with Gasteiger partial charge in [-0.2, -0.15) is 0 Å². The fourth-order valence-corrected chi connectivity index (χ4v) is 3.66. The second-order valence-corrected chi connectivity index (χ2v) is 8.08. The summed E-state index contributed by atoms with van der Waals surface area (Å²) in [5.41, 5.74) is 3.10. The third kappa shape index (κ3) is 7.54. The maximum absolute atomic E-state index is 13.0. The van der Waals surface area contributed by atoms with Gasteiger partial charge in [-0.3, -0.25) is 9.59 Å². The molecule has 1 atom stereocenters. The van der Waals surface area contributed by atoms with Gasteiger partial charge in [0, 0.05) is 18.8 Å². The van der Waals surface area contributed by atoms with Crippen LogP contribution in [-0.4, -0.2) is 35.1 Å². The highest BCUT2D eigenvalue weighted by atomic mass is 32.2. The van der Waals surface area contributed by atoms with Crippen LogP contribution in [0.4, 0.5) is 4.39 Å². The van der Waals surface area contributed by atoms with Gasteiger partial charge in [-0.15, -0.1) is 11.8 Å². The maximum Gasteiger partial charge on any atom is 0.242 e. The van der Waals surface area contributed by atoms with Crippen molar-refractivity contribution in [3.05, 3.63) is 71.0 Å². The zero-order chi connectivity index (χ0) is 21.2. The van der Waals surface area contributed by atoms with Gasteiger partial charge in [0.2, 0.25) is 11.8 Å². The summed E-state index contributed by atoms with van der Waals surface area (Å²) < 4.78 is 13.0. The molecule has 1 unspecified atom stereocenters. The fourth-order valence-electron chi connectivity index (χ4n) is 2.79. The lowest BCUT2D eigenvalue weighted by Gasteiger charge is -2.28. The highest BCUT2D eigenvalue weighted by Crippen LogP contribution is 2.16. The Balaban J connectivity index is 2.03. The molecule has 0 heterocycles. The van der Waals surface area contributed by atoms with Crippen molar-refractivity contribution in [2.75, 3.05) is 12.3 Å². The number of nitrogens with one attached hydrogen (secondary N) is 1. The van der Waals surface area contributed by atoms with E-state index < -0.39 is 6.04 Å². The highest BCUT2D eigenvalue weighted by molar-refractivity contribution is 7.99. The van der Waals surface area contributed by atoms with Crippen LogP contribution in [0.15, 0.2) is 48.5 Å². The molecule has 0 aliphatic rings. The summed E-state index contributed by atoms with van der Waals surface area (Å²) in [6.07, 6.45) is 0.845. The quantitative estimate of drug-likeness (QED) is 0.628. The van der Waals surface area contributed by atoms with Crippen molar-refractivity contribution >= 4 is 23.6 Å². The molecule has 2 aromatic carbocycles. The smallest absolute Gasteiger partial charge is 0.242 e. The van der Waals surface area contributed by atoms with Gasteiger partial charge in [0.1, 0.15) is 11.9 Å². The predicted molar refractivity (Wildman–Crippen MR) is 117 cm³/mol. The minimum atomic E-state index is -0.554. The first-order valence-corrected chi connectivity index (χ1v) is 11.0. The van der Waals surface area contributed by atoms with E-state index in [4.69, 9.17) is 0 Å². The number of amides is 2. The molecular formula is C23H29FN2O2S. The second kappa shape index (κ2) is 11.6. The Morgan fingerprint density at radius 1 is 1.07 bits per heavy atom. The number of carbonyl (C=O) groups excluding carboxylic acids is 2. The summed E-state index contributed by atoms with van der Waals surface area (Å²) in [6, 6.07) is 13.7. The molecule has 6 heteroatoms. The third-order valence-electron chi connectivity index (χ3n) is 4.60. The first-order valence-electron chi connectivity index (χ1n) is 9.85. The molecule has 156 valence electrons. The van der Waals surface area contributed by atoms with Gasteiger partial charge in [0.05, 0.1) is 5.75 Å². The lowest BCUT2D eigenvalue weighted by molar-refractivity contribution is -0.138. The van der Waals surface area contributed by atoms with Gasteiger partial charge < -0.3 is 10.2 Å². The molecule has 0 fully saturated rings. The van der Waals surface area contributed by atoms with Crippen LogP contribution in [0.2, 0.25) is 0 Å². The lowest BCUT2D eigenvalue weighted by atomic mass is 10.1. The number of carbonyl (C=O) groups is 2. The van der Waals surface area contributed by atoms with Crippen LogP contribution >= 0.6 is 11.8 Å². The molecular weight excluding hydrogens is 387 g/mol. The summed E-state index contributed by atoms with van der Waals surface area (Å²) in [7, 11) is 0. The van der Waals surface area contributed by atoms with Crippen molar-refractivity contribution in [3.63, 3.8) is 0 Å². The number of benzene rings is 2. The topological polar surface area (TPSA) is 49.4 Å². The van der Waals surface area contributed by atoms with Crippen molar-refractivity contribution in [1.82, 2.24) is 10.2 Å². The SMILES string of the molecule is CCCNC(=O)C(C)N(Cc1ccc(C)cc1)C(=O)CSCc1ccc(F)cc1. The molecule has 0 aromatic heterocycles. The van der Waals surface area contributed by atoms with Crippen LogP contribution < -0.4 is 5.32 Å². The molecule has 29 heavy (non-hydrogen) atoms. The van der Waals surface area contributed by atoms with Gasteiger partial charge in [-0.25, -0.2) is 4.39 Å². The Hall–Kier alpha value is -2.34. The van der Waals surface area contributed by atoms with E-state index in [9.17, 15) is 14.0 Å². The van der Waals surface area contributed by atoms with Crippen LogP contribution in [0, 0.1) is 12.7 Å². The summed E-state index contributed by atoms with van der Waals surface area (Å²) in [5, 5.41) is 2.87. The van der Waals surface area contributed by atoms with Gasteiger partial charge in [-0.05, 0) is 43.5 Å². The Morgan fingerprint density at radius 2 is 1.69 bits per heavy atom. The van der Waals surface area contributed by atoms with Crippen molar-refractivity contribution < 1.29 is 14.0 Å². The van der Waals surface area contributed by atoms with E-state index in [0.717, 1.165) is 23.1 Å². The van der Waals surface area contributed by atoms with Crippen LogP contribution in [0.5, 0.6) is 0 Å². The third-order valence-corrected chi connectivity index (χ3v) is 5.59. The van der Waals surface area contributed by atoms with E-state index in [2.05, 4.69) is 5.32 Å². The number of hydrogen-bond donors (Lipinski definition) is 1. The Kier molecular flexibility index (Phi) is 9.19. The molecule has 0 aliphatic heterocycles. The Labute approximate surface area is 176 Å². The van der Waals surface area contributed by atoms with E-state index in [1.54, 1.807) is 24.0 Å². The number of nitrogens with zero attached hydrogens (tertiary/aromatic N) is 1. The molecule has 4 nitrogen and oxygen atoms in total. The molecule has 2 rings (SSSR count). The molecule has 0 radical (unpaired) electrons. The first-order chi connectivity index (χ1) is 13.9. The number of aryl methyl sites for hydroxylation is 1. The second-order valence-electron chi connectivity index (χ2n) is 7.09. The van der Waals surface area contributed by atoms with Crippen molar-refractivity contribution in [1.29, 1.82) is 0 Å². The molecule has 0 saturated carbocycles. The van der Waals surface area contributed by atoms with Crippen LogP contribution in [-0.2, 0) is 21.9 Å². The van der Waals surface area contributed by atoms with Gasteiger partial charge in [-0.1, -0.05) is 48.9 Å². The normalized spacial score (nSPS) is 11.7. The highest BCUT2D eigenvalue weighted by Gasteiger charge is 2.25. The first kappa shape index (κ1) is 22.9. The average molecular weight is 417 g/mol. The average Bonchev–Trinajstić information content (AvgIpc) is 2.72.